The molecule has 1 fully saturated rings. The van der Waals surface area contributed by atoms with Crippen LogP contribution in [0.1, 0.15) is 32.3 Å². The second kappa shape index (κ2) is 9.53. The molecule has 7 nitrogen and oxygen atoms in total. The first kappa shape index (κ1) is 20.8. The lowest BCUT2D eigenvalue weighted by Crippen LogP contribution is -2.35. The molecule has 160 valence electrons. The Kier molecular flexibility index (Phi) is 6.59. The third-order valence-corrected chi connectivity index (χ3v) is 5.56. The molecular formula is C23H32N6O. The number of fused-ring (bicyclic) bond motifs is 1. The lowest BCUT2D eigenvalue weighted by molar-refractivity contribution is 0.0342. The molecule has 0 radical (unpaired) electrons. The van der Waals surface area contributed by atoms with Crippen LogP contribution in [-0.4, -0.2) is 64.0 Å². The maximum atomic E-state index is 5.47. The highest BCUT2D eigenvalue weighted by Gasteiger charge is 2.17. The standard InChI is InChI=1S/C23H32N6O/c1-4-9-29(10-5-2)23-24-16-20-22(25-23)21(26-27(20)3)19-8-6-7-18(15-19)17-28-11-13-30-14-12-28/h6-8,15-16H,4-5,9-14,17H2,1-3H3. The molecule has 0 saturated carbocycles. The van der Waals surface area contributed by atoms with Crippen molar-refractivity contribution in [1.82, 2.24) is 24.6 Å². The van der Waals surface area contributed by atoms with E-state index in [1.165, 1.54) is 5.56 Å². The molecule has 0 unspecified atom stereocenters. The second-order valence-electron chi connectivity index (χ2n) is 7.95. The van der Waals surface area contributed by atoms with Gasteiger partial charge >= 0.3 is 0 Å². The molecule has 1 aliphatic heterocycles. The normalized spacial score (nSPS) is 15.0. The molecule has 3 heterocycles. The van der Waals surface area contributed by atoms with Crippen molar-refractivity contribution in [2.45, 2.75) is 33.2 Å². The predicted octanol–water partition coefficient (Wildman–Crippen LogP) is 3.49. The van der Waals surface area contributed by atoms with Crippen LogP contribution in [0, 0.1) is 0 Å². The monoisotopic (exact) mass is 408 g/mol. The van der Waals surface area contributed by atoms with Crippen LogP contribution in [0.4, 0.5) is 5.95 Å². The Hall–Kier alpha value is -2.51. The van der Waals surface area contributed by atoms with E-state index in [-0.39, 0.29) is 0 Å². The molecule has 7 heteroatoms. The first-order chi connectivity index (χ1) is 14.7. The highest BCUT2D eigenvalue weighted by atomic mass is 16.5. The van der Waals surface area contributed by atoms with Gasteiger partial charge in [-0.25, -0.2) is 9.97 Å². The number of benzene rings is 1. The summed E-state index contributed by atoms with van der Waals surface area (Å²) in [4.78, 5) is 14.3. The fraction of sp³-hybridized carbons (Fsp3) is 0.522. The van der Waals surface area contributed by atoms with Crippen LogP contribution in [0.3, 0.4) is 0 Å². The Morgan fingerprint density at radius 3 is 2.60 bits per heavy atom. The van der Waals surface area contributed by atoms with E-state index in [1.54, 1.807) is 0 Å². The summed E-state index contributed by atoms with van der Waals surface area (Å²) < 4.78 is 7.36. The molecule has 2 aromatic heterocycles. The summed E-state index contributed by atoms with van der Waals surface area (Å²) in [6.45, 7) is 10.8. The van der Waals surface area contributed by atoms with Crippen LogP contribution < -0.4 is 4.90 Å². The number of rotatable bonds is 8. The molecule has 0 amide bonds. The van der Waals surface area contributed by atoms with Gasteiger partial charge < -0.3 is 9.64 Å². The van der Waals surface area contributed by atoms with Gasteiger partial charge in [0.25, 0.3) is 0 Å². The SMILES string of the molecule is CCCN(CCC)c1ncc2c(n1)c(-c1cccc(CN3CCOCC3)c1)nn2C. The van der Waals surface area contributed by atoms with Crippen LogP contribution in [0.5, 0.6) is 0 Å². The fourth-order valence-corrected chi connectivity index (χ4v) is 4.06. The lowest BCUT2D eigenvalue weighted by atomic mass is 10.1. The van der Waals surface area contributed by atoms with E-state index < -0.39 is 0 Å². The van der Waals surface area contributed by atoms with Crippen molar-refractivity contribution in [2.24, 2.45) is 7.05 Å². The fourth-order valence-electron chi connectivity index (χ4n) is 4.06. The van der Waals surface area contributed by atoms with Crippen molar-refractivity contribution in [3.8, 4) is 11.3 Å². The van der Waals surface area contributed by atoms with Gasteiger partial charge in [0.1, 0.15) is 16.7 Å². The molecule has 3 aromatic rings. The summed E-state index contributed by atoms with van der Waals surface area (Å²) in [5, 5.41) is 4.80. The number of ether oxygens (including phenoxy) is 1. The summed E-state index contributed by atoms with van der Waals surface area (Å²) in [5.74, 6) is 0.796. The van der Waals surface area contributed by atoms with Crippen LogP contribution in [0.25, 0.3) is 22.3 Å². The van der Waals surface area contributed by atoms with Crippen molar-refractivity contribution in [3.05, 3.63) is 36.0 Å². The molecule has 4 rings (SSSR count). The Labute approximate surface area is 178 Å². The van der Waals surface area contributed by atoms with Crippen molar-refractivity contribution in [3.63, 3.8) is 0 Å². The quantitative estimate of drug-likeness (QED) is 0.569. The second-order valence-corrected chi connectivity index (χ2v) is 7.95. The number of hydrogen-bond donors (Lipinski definition) is 0. The van der Waals surface area contributed by atoms with Crippen molar-refractivity contribution in [2.75, 3.05) is 44.3 Å². The first-order valence-corrected chi connectivity index (χ1v) is 11.0. The molecule has 1 aromatic carbocycles. The molecule has 0 aliphatic carbocycles. The van der Waals surface area contributed by atoms with E-state index in [9.17, 15) is 0 Å². The zero-order valence-corrected chi connectivity index (χ0v) is 18.3. The van der Waals surface area contributed by atoms with E-state index in [2.05, 4.69) is 52.9 Å². The van der Waals surface area contributed by atoms with Gasteiger partial charge in [-0.3, -0.25) is 9.58 Å². The summed E-state index contributed by atoms with van der Waals surface area (Å²) in [6.07, 6.45) is 4.06. The largest absolute Gasteiger partial charge is 0.379 e. The zero-order chi connectivity index (χ0) is 20.9. The topological polar surface area (TPSA) is 59.3 Å². The molecule has 0 bridgehead atoms. The Morgan fingerprint density at radius 2 is 1.87 bits per heavy atom. The molecule has 0 spiro atoms. The number of morpholine rings is 1. The van der Waals surface area contributed by atoms with Gasteiger partial charge in [0.2, 0.25) is 5.95 Å². The highest BCUT2D eigenvalue weighted by molar-refractivity contribution is 5.90. The van der Waals surface area contributed by atoms with Crippen LogP contribution in [0.15, 0.2) is 30.5 Å². The lowest BCUT2D eigenvalue weighted by Gasteiger charge is -2.26. The molecule has 0 atom stereocenters. The Balaban J connectivity index is 1.68. The smallest absolute Gasteiger partial charge is 0.226 e. The molecular weight excluding hydrogens is 376 g/mol. The summed E-state index contributed by atoms with van der Waals surface area (Å²) in [7, 11) is 1.96. The van der Waals surface area contributed by atoms with E-state index >= 15 is 0 Å². The van der Waals surface area contributed by atoms with Crippen molar-refractivity contribution < 1.29 is 4.74 Å². The zero-order valence-electron chi connectivity index (χ0n) is 18.3. The number of nitrogens with zero attached hydrogens (tertiary/aromatic N) is 6. The first-order valence-electron chi connectivity index (χ1n) is 11.0. The van der Waals surface area contributed by atoms with E-state index in [1.807, 2.05) is 17.9 Å². The van der Waals surface area contributed by atoms with Crippen molar-refractivity contribution in [1.29, 1.82) is 0 Å². The number of hydrogen-bond acceptors (Lipinski definition) is 6. The molecule has 30 heavy (non-hydrogen) atoms. The minimum absolute atomic E-state index is 0.796. The maximum absolute atomic E-state index is 5.47. The third kappa shape index (κ3) is 4.47. The minimum Gasteiger partial charge on any atom is -0.379 e. The van der Waals surface area contributed by atoms with Gasteiger partial charge in [0.05, 0.1) is 19.4 Å². The highest BCUT2D eigenvalue weighted by Crippen LogP contribution is 2.28. The predicted molar refractivity (Wildman–Crippen MR) is 121 cm³/mol. The van der Waals surface area contributed by atoms with Crippen LogP contribution >= 0.6 is 0 Å². The van der Waals surface area contributed by atoms with E-state index in [0.717, 1.165) is 87.0 Å². The number of anilines is 1. The van der Waals surface area contributed by atoms with Crippen LogP contribution in [0.2, 0.25) is 0 Å². The Bertz CT molecular complexity index is 973. The van der Waals surface area contributed by atoms with Gasteiger partial charge in [-0.05, 0) is 24.5 Å². The average molecular weight is 409 g/mol. The van der Waals surface area contributed by atoms with Gasteiger partial charge in [0, 0.05) is 45.3 Å². The third-order valence-electron chi connectivity index (χ3n) is 5.56. The molecule has 1 saturated heterocycles. The van der Waals surface area contributed by atoms with E-state index in [4.69, 9.17) is 14.8 Å². The summed E-state index contributed by atoms with van der Waals surface area (Å²) in [5.41, 5.74) is 5.20. The van der Waals surface area contributed by atoms with Crippen LogP contribution in [-0.2, 0) is 18.3 Å². The molecule has 0 N–H and O–H groups in total. The number of aromatic nitrogens is 4. The Morgan fingerprint density at radius 1 is 1.10 bits per heavy atom. The van der Waals surface area contributed by atoms with Crippen molar-refractivity contribution >= 4 is 17.0 Å². The number of aryl methyl sites for hydroxylation is 1. The average Bonchev–Trinajstić information content (AvgIpc) is 3.10. The molecule has 1 aliphatic rings. The van der Waals surface area contributed by atoms with Gasteiger partial charge in [0.15, 0.2) is 0 Å². The summed E-state index contributed by atoms with van der Waals surface area (Å²) >= 11 is 0. The van der Waals surface area contributed by atoms with E-state index in [0.29, 0.717) is 0 Å². The summed E-state index contributed by atoms with van der Waals surface area (Å²) in [6, 6.07) is 8.68. The van der Waals surface area contributed by atoms with Gasteiger partial charge in [-0.2, -0.15) is 5.10 Å². The minimum atomic E-state index is 0.796. The van der Waals surface area contributed by atoms with Gasteiger partial charge in [-0.15, -0.1) is 0 Å². The maximum Gasteiger partial charge on any atom is 0.226 e. The van der Waals surface area contributed by atoms with Gasteiger partial charge in [-0.1, -0.05) is 32.0 Å².